The van der Waals surface area contributed by atoms with Gasteiger partial charge in [-0.2, -0.15) is 0 Å². The molecule has 0 aliphatic rings. The van der Waals surface area contributed by atoms with Gasteiger partial charge in [0.15, 0.2) is 0 Å². The van der Waals surface area contributed by atoms with Gasteiger partial charge in [-0.1, -0.05) is 0 Å². The van der Waals surface area contributed by atoms with E-state index in [0.717, 1.165) is 13.7 Å². The topological polar surface area (TPSA) is 24.1 Å². The Labute approximate surface area is 69.3 Å². The second-order valence-corrected chi connectivity index (χ2v) is 3.38. The van der Waals surface area contributed by atoms with Crippen molar-refractivity contribution in [2.24, 2.45) is 0 Å². The summed E-state index contributed by atoms with van der Waals surface area (Å²) in [5, 5.41) is 8.85. The van der Waals surface area contributed by atoms with E-state index in [4.69, 9.17) is 5.21 Å². The molecule has 4 heteroatoms. The van der Waals surface area contributed by atoms with Crippen LogP contribution in [0.4, 0.5) is 0 Å². The quantitative estimate of drug-likeness (QED) is 0.553. The zero-order chi connectivity index (χ0) is 6.85. The van der Waals surface area contributed by atoms with Crippen LogP contribution in [-0.2, 0) is 0 Å². The number of pyridine rings is 1. The van der Waals surface area contributed by atoms with E-state index >= 15 is 0 Å². The molecule has 0 aliphatic heterocycles. The summed E-state index contributed by atoms with van der Waals surface area (Å²) in [6.07, 6.45) is 3.09. The molecule has 0 radical (unpaired) electrons. The largest absolute Gasteiger partial charge is 0.285 e. The summed E-state index contributed by atoms with van der Waals surface area (Å²) in [4.78, 5) is 0. The van der Waals surface area contributed by atoms with Crippen LogP contribution in [0.2, 0.25) is 0 Å². The molecule has 0 spiro atoms. The van der Waals surface area contributed by atoms with Gasteiger partial charge in [-0.15, -0.1) is 0 Å². The third kappa shape index (κ3) is 1.95. The Morgan fingerprint density at radius 2 is 1.67 bits per heavy atom. The van der Waals surface area contributed by atoms with Crippen LogP contribution in [0.15, 0.2) is 27.4 Å². The standard InChI is InChI=1S/C5H4Br2NO/c6-4-1-5(7)3-8(9)2-4/h1-3,9H/q+1. The molecule has 1 heterocycles. The monoisotopic (exact) mass is 252 g/mol. The van der Waals surface area contributed by atoms with E-state index in [0.29, 0.717) is 0 Å². The van der Waals surface area contributed by atoms with Crippen molar-refractivity contribution in [2.75, 3.05) is 0 Å². The van der Waals surface area contributed by atoms with Gasteiger partial charge in [0.25, 0.3) is 0 Å². The van der Waals surface area contributed by atoms with E-state index < -0.39 is 0 Å². The smallest absolute Gasteiger partial charge is 0.236 e. The third-order valence-electron chi connectivity index (χ3n) is 0.787. The summed E-state index contributed by atoms with van der Waals surface area (Å²) in [7, 11) is 0. The average Bonchev–Trinajstić information content (AvgIpc) is 1.59. The molecule has 0 aliphatic carbocycles. The molecule has 0 fully saturated rings. The molecule has 0 aromatic carbocycles. The van der Waals surface area contributed by atoms with Crippen molar-refractivity contribution >= 4 is 31.9 Å². The molecule has 0 amide bonds. The summed E-state index contributed by atoms with van der Waals surface area (Å²) < 4.78 is 2.65. The van der Waals surface area contributed by atoms with Crippen LogP contribution in [0.1, 0.15) is 0 Å². The van der Waals surface area contributed by atoms with Gasteiger partial charge in [-0.25, -0.2) is 0 Å². The van der Waals surface area contributed by atoms with E-state index in [1.165, 1.54) is 0 Å². The first kappa shape index (κ1) is 7.02. The van der Waals surface area contributed by atoms with Gasteiger partial charge in [0, 0.05) is 4.73 Å². The maximum absolute atomic E-state index is 8.85. The van der Waals surface area contributed by atoms with Gasteiger partial charge in [-0.05, 0) is 37.9 Å². The van der Waals surface area contributed by atoms with E-state index in [1.54, 1.807) is 12.4 Å². The Balaban J connectivity index is 3.17. The fourth-order valence-corrected chi connectivity index (χ4v) is 1.72. The molecular weight excluding hydrogens is 250 g/mol. The lowest BCUT2D eigenvalue weighted by Gasteiger charge is -1.85. The van der Waals surface area contributed by atoms with Crippen molar-refractivity contribution in [3.8, 4) is 0 Å². The average molecular weight is 254 g/mol. The normalized spacial score (nSPS) is 9.56. The number of aromatic nitrogens is 1. The Bertz CT molecular complexity index is 176. The molecule has 0 saturated heterocycles. The van der Waals surface area contributed by atoms with Gasteiger partial charge in [0.05, 0.1) is 8.95 Å². The lowest BCUT2D eigenvalue weighted by Crippen LogP contribution is -2.28. The molecule has 1 N–H and O–H groups in total. The summed E-state index contributed by atoms with van der Waals surface area (Å²) in [6.45, 7) is 0. The summed E-state index contributed by atoms with van der Waals surface area (Å²) in [5.41, 5.74) is 0. The first-order valence-corrected chi connectivity index (χ1v) is 3.84. The van der Waals surface area contributed by atoms with E-state index in [-0.39, 0.29) is 0 Å². The molecular formula is C5H4Br2NO+. The number of hydrogen-bond acceptors (Lipinski definition) is 1. The molecule has 0 atom stereocenters. The Morgan fingerprint density at radius 3 is 2.00 bits per heavy atom. The van der Waals surface area contributed by atoms with Crippen LogP contribution in [0.3, 0.4) is 0 Å². The van der Waals surface area contributed by atoms with Gasteiger partial charge < -0.3 is 0 Å². The summed E-state index contributed by atoms with van der Waals surface area (Å²) in [5.74, 6) is 0. The van der Waals surface area contributed by atoms with Crippen LogP contribution in [-0.4, -0.2) is 5.21 Å². The van der Waals surface area contributed by atoms with Crippen LogP contribution >= 0.6 is 31.9 Å². The fraction of sp³-hybridized carbons (Fsp3) is 0. The zero-order valence-corrected chi connectivity index (χ0v) is 7.55. The Hall–Kier alpha value is -0.0900. The summed E-state index contributed by atoms with van der Waals surface area (Å²) >= 11 is 6.40. The number of rotatable bonds is 0. The van der Waals surface area contributed by atoms with Gasteiger partial charge in [0.1, 0.15) is 0 Å². The molecule has 0 saturated carbocycles. The second kappa shape index (κ2) is 2.66. The van der Waals surface area contributed by atoms with E-state index in [2.05, 4.69) is 31.9 Å². The van der Waals surface area contributed by atoms with Crippen LogP contribution in [0.5, 0.6) is 0 Å². The lowest BCUT2D eigenvalue weighted by molar-refractivity contribution is -0.905. The Morgan fingerprint density at radius 1 is 1.22 bits per heavy atom. The SMILES string of the molecule is O[n+]1cc(Br)cc(Br)c1. The number of nitrogens with zero attached hydrogens (tertiary/aromatic N) is 1. The van der Waals surface area contributed by atoms with Crippen molar-refractivity contribution < 1.29 is 9.94 Å². The van der Waals surface area contributed by atoms with Crippen molar-refractivity contribution in [2.45, 2.75) is 0 Å². The highest BCUT2D eigenvalue weighted by Gasteiger charge is 1.99. The van der Waals surface area contributed by atoms with Gasteiger partial charge in [-0.3, -0.25) is 5.21 Å². The zero-order valence-electron chi connectivity index (χ0n) is 4.38. The fourth-order valence-electron chi connectivity index (χ4n) is 0.496. The maximum atomic E-state index is 8.85. The van der Waals surface area contributed by atoms with E-state index in [1.807, 2.05) is 6.07 Å². The Kier molecular flexibility index (Phi) is 2.08. The molecule has 2 nitrogen and oxygen atoms in total. The highest BCUT2D eigenvalue weighted by molar-refractivity contribution is 9.11. The third-order valence-corrected chi connectivity index (χ3v) is 1.65. The number of halogens is 2. The van der Waals surface area contributed by atoms with Crippen molar-refractivity contribution in [1.29, 1.82) is 0 Å². The van der Waals surface area contributed by atoms with Crippen molar-refractivity contribution in [1.82, 2.24) is 0 Å². The second-order valence-electron chi connectivity index (χ2n) is 1.55. The molecule has 1 aromatic heterocycles. The predicted molar refractivity (Wildman–Crippen MR) is 39.2 cm³/mol. The molecule has 48 valence electrons. The van der Waals surface area contributed by atoms with E-state index in [9.17, 15) is 0 Å². The minimum absolute atomic E-state index is 0.833. The molecule has 0 bridgehead atoms. The van der Waals surface area contributed by atoms with Gasteiger partial charge >= 0.3 is 0 Å². The van der Waals surface area contributed by atoms with Crippen molar-refractivity contribution in [3.05, 3.63) is 27.4 Å². The first-order valence-electron chi connectivity index (χ1n) is 2.25. The highest BCUT2D eigenvalue weighted by Crippen LogP contribution is 2.12. The maximum Gasteiger partial charge on any atom is 0.236 e. The van der Waals surface area contributed by atoms with Crippen LogP contribution in [0.25, 0.3) is 0 Å². The summed E-state index contributed by atoms with van der Waals surface area (Å²) in [6, 6.07) is 1.84. The minimum Gasteiger partial charge on any atom is -0.285 e. The highest BCUT2D eigenvalue weighted by atomic mass is 79.9. The molecule has 1 rings (SSSR count). The molecule has 0 unspecified atom stereocenters. The van der Waals surface area contributed by atoms with Gasteiger partial charge in [0.2, 0.25) is 12.4 Å². The lowest BCUT2D eigenvalue weighted by atomic mass is 10.5. The van der Waals surface area contributed by atoms with Crippen LogP contribution < -0.4 is 4.73 Å². The van der Waals surface area contributed by atoms with Crippen molar-refractivity contribution in [3.63, 3.8) is 0 Å². The number of hydrogen-bond donors (Lipinski definition) is 1. The minimum atomic E-state index is 0.833. The van der Waals surface area contributed by atoms with Crippen LogP contribution in [0, 0.1) is 0 Å². The predicted octanol–water partition coefficient (Wildman–Crippen LogP) is 1.74. The first-order chi connectivity index (χ1) is 4.18. The molecule has 1 aromatic rings. The molecule has 9 heavy (non-hydrogen) atoms.